The van der Waals surface area contributed by atoms with Gasteiger partial charge in [-0.1, -0.05) is 37.3 Å². The highest BCUT2D eigenvalue weighted by molar-refractivity contribution is 6.05. The van der Waals surface area contributed by atoms with Gasteiger partial charge in [0.15, 0.2) is 0 Å². The van der Waals surface area contributed by atoms with Crippen LogP contribution in [0.5, 0.6) is 5.75 Å². The van der Waals surface area contributed by atoms with Crippen LogP contribution in [0.25, 0.3) is 0 Å². The van der Waals surface area contributed by atoms with Gasteiger partial charge in [-0.3, -0.25) is 19.5 Å². The molecule has 2 aromatic carbocycles. The maximum absolute atomic E-state index is 14.3. The summed E-state index contributed by atoms with van der Waals surface area (Å²) in [4.78, 5) is 35.1. The molecule has 0 fully saturated rings. The second-order valence-corrected chi connectivity index (χ2v) is 11.9. The van der Waals surface area contributed by atoms with Crippen molar-refractivity contribution in [1.29, 1.82) is 0 Å². The molecule has 4 rings (SSSR count). The zero-order chi connectivity index (χ0) is 31.5. The Morgan fingerprint density at radius 2 is 1.86 bits per heavy atom. The molecule has 4 atom stereocenters. The van der Waals surface area contributed by atoms with Crippen LogP contribution < -0.4 is 10.1 Å². The summed E-state index contributed by atoms with van der Waals surface area (Å²) in [7, 11) is 2.09. The number of nitrogens with zero attached hydrogens (tertiary/aromatic N) is 3. The summed E-state index contributed by atoms with van der Waals surface area (Å²) >= 11 is 0. The summed E-state index contributed by atoms with van der Waals surface area (Å²) in [6.07, 6.45) is 5.51. The molecule has 9 nitrogen and oxygen atoms in total. The quantitative estimate of drug-likeness (QED) is 0.363. The van der Waals surface area contributed by atoms with Gasteiger partial charge in [0.2, 0.25) is 0 Å². The number of rotatable bonds is 8. The van der Waals surface area contributed by atoms with Gasteiger partial charge >= 0.3 is 0 Å². The molecule has 0 radical (unpaired) electrons. The zero-order valence-corrected chi connectivity index (χ0v) is 26.3. The molecule has 0 spiro atoms. The molecule has 236 valence electrons. The SMILES string of the molecule is C[C@@H]1CCCCO[C@@H](CN(C)Cc2ccccc2)[C@@H](C)CN([C@H](C)CO)C(=O)c2cc(NC(=O)c3ccncc3)ccc2O1. The van der Waals surface area contributed by atoms with Crippen LogP contribution in [0.4, 0.5) is 5.69 Å². The molecule has 2 amide bonds. The lowest BCUT2D eigenvalue weighted by Crippen LogP contribution is -2.47. The van der Waals surface area contributed by atoms with E-state index >= 15 is 0 Å². The number of amides is 2. The molecule has 1 aliphatic rings. The zero-order valence-electron chi connectivity index (χ0n) is 26.3. The summed E-state index contributed by atoms with van der Waals surface area (Å²) in [6.45, 7) is 8.24. The first kappa shape index (κ1) is 33.1. The van der Waals surface area contributed by atoms with Gasteiger partial charge in [-0.05, 0) is 76.1 Å². The highest BCUT2D eigenvalue weighted by atomic mass is 16.5. The van der Waals surface area contributed by atoms with Gasteiger partial charge in [-0.2, -0.15) is 0 Å². The van der Waals surface area contributed by atoms with Crippen LogP contribution in [0.3, 0.4) is 0 Å². The fourth-order valence-corrected chi connectivity index (χ4v) is 5.44. The topological polar surface area (TPSA) is 104 Å². The molecule has 0 saturated heterocycles. The Balaban J connectivity index is 1.61. The average molecular weight is 603 g/mol. The number of benzene rings is 2. The van der Waals surface area contributed by atoms with E-state index in [1.165, 1.54) is 5.56 Å². The molecular formula is C35H46N4O5. The molecule has 9 heteroatoms. The molecule has 0 bridgehead atoms. The van der Waals surface area contributed by atoms with Crippen LogP contribution in [-0.2, 0) is 11.3 Å². The van der Waals surface area contributed by atoms with E-state index in [0.717, 1.165) is 25.8 Å². The van der Waals surface area contributed by atoms with E-state index in [2.05, 4.69) is 41.3 Å². The molecule has 44 heavy (non-hydrogen) atoms. The van der Waals surface area contributed by atoms with Gasteiger partial charge in [-0.15, -0.1) is 0 Å². The van der Waals surface area contributed by atoms with Gasteiger partial charge in [0, 0.05) is 55.8 Å². The molecule has 2 N–H and O–H groups in total. The Morgan fingerprint density at radius 1 is 1.11 bits per heavy atom. The fraction of sp³-hybridized carbons (Fsp3) is 0.457. The Bertz CT molecular complexity index is 1340. The summed E-state index contributed by atoms with van der Waals surface area (Å²) in [5, 5.41) is 13.1. The minimum atomic E-state index is -0.444. The molecule has 1 aliphatic heterocycles. The number of pyridine rings is 1. The Labute approximate surface area is 261 Å². The summed E-state index contributed by atoms with van der Waals surface area (Å²) in [6, 6.07) is 18.3. The number of hydrogen-bond acceptors (Lipinski definition) is 7. The number of aliphatic hydroxyl groups is 1. The Morgan fingerprint density at radius 3 is 2.59 bits per heavy atom. The van der Waals surface area contributed by atoms with Crippen molar-refractivity contribution in [3.05, 3.63) is 89.7 Å². The first-order valence-electron chi connectivity index (χ1n) is 15.5. The number of carbonyl (C=O) groups excluding carboxylic acids is 2. The first-order chi connectivity index (χ1) is 21.2. The minimum Gasteiger partial charge on any atom is -0.490 e. The molecule has 1 aromatic heterocycles. The predicted octanol–water partition coefficient (Wildman–Crippen LogP) is 5.26. The van der Waals surface area contributed by atoms with E-state index in [0.29, 0.717) is 42.3 Å². The van der Waals surface area contributed by atoms with Gasteiger partial charge in [-0.25, -0.2) is 0 Å². The van der Waals surface area contributed by atoms with E-state index in [1.807, 2.05) is 32.0 Å². The fourth-order valence-electron chi connectivity index (χ4n) is 5.44. The first-order valence-corrected chi connectivity index (χ1v) is 15.5. The number of aliphatic hydroxyl groups excluding tert-OH is 1. The standard InChI is InChI=1S/C35H46N4O5/c1-25-21-39(26(2)24-40)35(42)31-20-30(37-34(41)29-15-17-36-18-16-29)13-14-32(31)44-27(3)10-8-9-19-43-33(25)23-38(4)22-28-11-6-5-7-12-28/h5-7,11-18,20,25-27,33,40H,8-10,19,21-24H2,1-4H3,(H,37,41)/t25-,26+,27+,33-/m0/s1. The summed E-state index contributed by atoms with van der Waals surface area (Å²) in [5.74, 6) is -0.135. The van der Waals surface area contributed by atoms with Gasteiger partial charge < -0.3 is 24.8 Å². The number of nitrogens with one attached hydrogen (secondary N) is 1. The second-order valence-electron chi connectivity index (χ2n) is 11.9. The van der Waals surface area contributed by atoms with Crippen molar-refractivity contribution in [3.63, 3.8) is 0 Å². The van der Waals surface area contributed by atoms with Crippen LogP contribution in [0.15, 0.2) is 73.1 Å². The van der Waals surface area contributed by atoms with Crippen LogP contribution in [0, 0.1) is 5.92 Å². The highest BCUT2D eigenvalue weighted by Gasteiger charge is 2.30. The number of fused-ring (bicyclic) bond motifs is 1. The minimum absolute atomic E-state index is 0.0213. The van der Waals surface area contributed by atoms with E-state index < -0.39 is 6.04 Å². The smallest absolute Gasteiger partial charge is 0.258 e. The monoisotopic (exact) mass is 602 g/mol. The maximum atomic E-state index is 14.3. The van der Waals surface area contributed by atoms with E-state index in [1.54, 1.807) is 47.6 Å². The number of carbonyl (C=O) groups is 2. The summed E-state index contributed by atoms with van der Waals surface area (Å²) < 4.78 is 12.8. The van der Waals surface area contributed by atoms with Crippen molar-refractivity contribution in [2.45, 2.75) is 64.8 Å². The second kappa shape index (κ2) is 16.3. The maximum Gasteiger partial charge on any atom is 0.258 e. The Hall–Kier alpha value is -3.79. The Kier molecular flexibility index (Phi) is 12.3. The van der Waals surface area contributed by atoms with Crippen LogP contribution >= 0.6 is 0 Å². The van der Waals surface area contributed by atoms with E-state index in [9.17, 15) is 14.7 Å². The highest BCUT2D eigenvalue weighted by Crippen LogP contribution is 2.29. The van der Waals surface area contributed by atoms with Crippen molar-refractivity contribution in [3.8, 4) is 5.75 Å². The summed E-state index contributed by atoms with van der Waals surface area (Å²) in [5.41, 5.74) is 2.51. The predicted molar refractivity (Wildman–Crippen MR) is 172 cm³/mol. The largest absolute Gasteiger partial charge is 0.490 e. The van der Waals surface area contributed by atoms with Crippen molar-refractivity contribution in [2.24, 2.45) is 5.92 Å². The lowest BCUT2D eigenvalue weighted by Gasteiger charge is -2.36. The molecular weight excluding hydrogens is 556 g/mol. The van der Waals surface area contributed by atoms with Crippen molar-refractivity contribution >= 4 is 17.5 Å². The third kappa shape index (κ3) is 9.35. The third-order valence-corrected chi connectivity index (χ3v) is 8.04. The third-order valence-electron chi connectivity index (χ3n) is 8.04. The molecule has 0 unspecified atom stereocenters. The van der Waals surface area contributed by atoms with Crippen LogP contribution in [0.2, 0.25) is 0 Å². The molecule has 2 heterocycles. The van der Waals surface area contributed by atoms with E-state index in [4.69, 9.17) is 9.47 Å². The van der Waals surface area contributed by atoms with Crippen molar-refractivity contribution in [1.82, 2.24) is 14.8 Å². The van der Waals surface area contributed by atoms with Crippen LogP contribution in [0.1, 0.15) is 66.3 Å². The number of likely N-dealkylation sites (N-methyl/N-ethyl adjacent to an activating group) is 1. The number of aromatic nitrogens is 1. The molecule has 0 aliphatic carbocycles. The lowest BCUT2D eigenvalue weighted by atomic mass is 10.0. The number of anilines is 1. The van der Waals surface area contributed by atoms with Crippen molar-refractivity contribution in [2.75, 3.05) is 38.7 Å². The lowest BCUT2D eigenvalue weighted by molar-refractivity contribution is -0.0177. The van der Waals surface area contributed by atoms with Crippen molar-refractivity contribution < 1.29 is 24.2 Å². The van der Waals surface area contributed by atoms with Gasteiger partial charge in [0.25, 0.3) is 11.8 Å². The average Bonchev–Trinajstić information content (AvgIpc) is 3.03. The number of hydrogen-bond donors (Lipinski definition) is 2. The van der Waals surface area contributed by atoms with Gasteiger partial charge in [0.1, 0.15) is 5.75 Å². The van der Waals surface area contributed by atoms with Gasteiger partial charge in [0.05, 0.1) is 30.4 Å². The van der Waals surface area contributed by atoms with Crippen LogP contribution in [-0.4, -0.2) is 83.3 Å². The normalized spacial score (nSPS) is 20.7. The number of ether oxygens (including phenoxy) is 2. The molecule has 3 aromatic rings. The molecule has 0 saturated carbocycles. The van der Waals surface area contributed by atoms with E-state index in [-0.39, 0.29) is 36.5 Å².